The van der Waals surface area contributed by atoms with Crippen LogP contribution in [-0.4, -0.2) is 74.2 Å². The fraction of sp³-hybridized carbons (Fsp3) is 0.488. The van der Waals surface area contributed by atoms with Crippen molar-refractivity contribution in [2.75, 3.05) is 20.8 Å². The van der Waals surface area contributed by atoms with E-state index in [2.05, 4.69) is 51.0 Å². The summed E-state index contributed by atoms with van der Waals surface area (Å²) < 4.78 is 39.2. The third kappa shape index (κ3) is 9.26. The number of aliphatic hydroxyl groups is 1. The second kappa shape index (κ2) is 16.8. The molecule has 1 aliphatic rings. The SMILES string of the molecule is COc1ccc(C(OC[C@H]2O[C@@H](CCc3cn(COC(=O)C(C)(C)C)cn3)[C@H](O)[C@@H]2O[Si](C)(C)C(C)(C)C)(c2ccccc2)c2ccc(OC)cc2)cc1. The minimum Gasteiger partial charge on any atom is -0.497 e. The van der Waals surface area contributed by atoms with Crippen molar-refractivity contribution in [2.24, 2.45) is 5.41 Å². The number of methoxy groups -OCH3 is 2. The molecule has 0 saturated carbocycles. The number of benzene rings is 3. The lowest BCUT2D eigenvalue weighted by Crippen LogP contribution is -2.50. The molecule has 1 saturated heterocycles. The number of hydrogen-bond donors (Lipinski definition) is 1. The van der Waals surface area contributed by atoms with Crippen LogP contribution in [0.1, 0.15) is 70.3 Å². The summed E-state index contributed by atoms with van der Waals surface area (Å²) in [5.41, 5.74) is 1.90. The molecule has 11 heteroatoms. The molecule has 5 rings (SSSR count). The van der Waals surface area contributed by atoms with Crippen LogP contribution in [0.3, 0.4) is 0 Å². The van der Waals surface area contributed by atoms with Crippen molar-refractivity contribution in [3.8, 4) is 11.5 Å². The van der Waals surface area contributed by atoms with Gasteiger partial charge in [-0.2, -0.15) is 0 Å². The van der Waals surface area contributed by atoms with Gasteiger partial charge < -0.3 is 37.8 Å². The lowest BCUT2D eigenvalue weighted by Gasteiger charge is -2.41. The van der Waals surface area contributed by atoms with Crippen LogP contribution in [0.15, 0.2) is 91.4 Å². The Labute approximate surface area is 321 Å². The average Bonchev–Trinajstić information content (AvgIpc) is 3.72. The van der Waals surface area contributed by atoms with Crippen LogP contribution in [0.4, 0.5) is 0 Å². The highest BCUT2D eigenvalue weighted by atomic mass is 28.4. The van der Waals surface area contributed by atoms with Crippen molar-refractivity contribution in [3.63, 3.8) is 0 Å². The molecule has 4 aromatic rings. The molecule has 0 radical (unpaired) electrons. The van der Waals surface area contributed by atoms with Crippen molar-refractivity contribution < 1.29 is 38.0 Å². The third-order valence-corrected chi connectivity index (χ3v) is 15.1. The van der Waals surface area contributed by atoms with Crippen LogP contribution < -0.4 is 9.47 Å². The largest absolute Gasteiger partial charge is 0.497 e. The number of aliphatic hydroxyl groups excluding tert-OH is 1. The normalized spacial score (nSPS) is 19.5. The van der Waals surface area contributed by atoms with Crippen LogP contribution >= 0.6 is 0 Å². The smallest absolute Gasteiger partial charge is 0.312 e. The molecule has 1 fully saturated rings. The number of rotatable bonds is 15. The highest BCUT2D eigenvalue weighted by Crippen LogP contribution is 2.44. The molecular weight excluding hydrogens is 701 g/mol. The van der Waals surface area contributed by atoms with Gasteiger partial charge in [0.15, 0.2) is 15.0 Å². The zero-order valence-corrected chi connectivity index (χ0v) is 34.5. The second-order valence-electron chi connectivity index (χ2n) is 16.6. The van der Waals surface area contributed by atoms with E-state index in [9.17, 15) is 9.90 Å². The van der Waals surface area contributed by atoms with E-state index < -0.39 is 43.7 Å². The molecule has 1 N–H and O–H groups in total. The predicted octanol–water partition coefficient (Wildman–Crippen LogP) is 7.91. The van der Waals surface area contributed by atoms with Gasteiger partial charge in [-0.25, -0.2) is 4.98 Å². The Kier molecular flexibility index (Phi) is 12.8. The molecule has 4 atom stereocenters. The molecule has 0 spiro atoms. The standard InChI is InChI=1S/C43H58N2O8Si/c1-41(2,3)40(47)50-29-45-26-33(44-28-45)20-25-36-38(46)39(53-54(9,10)42(4,5)6)37(52-36)27-51-43(30-14-12-11-13-15-30,31-16-21-34(48-7)22-17-31)32-18-23-35(49-8)24-19-32/h11-19,21-24,26,28,36-39,46H,20,25,27,29H2,1-10H3/t36-,37+,38-,39+/m0/s1. The van der Waals surface area contributed by atoms with Gasteiger partial charge in [-0.1, -0.05) is 75.4 Å². The molecular formula is C43H58N2O8Si. The van der Waals surface area contributed by atoms with Gasteiger partial charge in [0, 0.05) is 6.20 Å². The van der Waals surface area contributed by atoms with Crippen LogP contribution in [0.2, 0.25) is 18.1 Å². The summed E-state index contributed by atoms with van der Waals surface area (Å²) in [5, 5.41) is 11.9. The number of aromatic nitrogens is 2. The van der Waals surface area contributed by atoms with Gasteiger partial charge in [-0.05, 0) is 92.7 Å². The van der Waals surface area contributed by atoms with E-state index in [0.29, 0.717) is 12.8 Å². The summed E-state index contributed by atoms with van der Waals surface area (Å²) in [6.45, 7) is 16.6. The van der Waals surface area contributed by atoms with E-state index in [1.807, 2.05) is 93.7 Å². The van der Waals surface area contributed by atoms with Gasteiger partial charge in [-0.3, -0.25) is 4.79 Å². The highest BCUT2D eigenvalue weighted by Gasteiger charge is 2.50. The number of aryl methyl sites for hydroxylation is 1. The van der Waals surface area contributed by atoms with Crippen molar-refractivity contribution >= 4 is 14.3 Å². The van der Waals surface area contributed by atoms with Crippen LogP contribution in [-0.2, 0) is 42.2 Å². The molecule has 0 amide bonds. The maximum Gasteiger partial charge on any atom is 0.312 e. The van der Waals surface area contributed by atoms with Gasteiger partial charge in [0.1, 0.15) is 35.4 Å². The molecule has 0 unspecified atom stereocenters. The predicted molar refractivity (Wildman–Crippen MR) is 211 cm³/mol. The quantitative estimate of drug-likeness (QED) is 0.0735. The minimum atomic E-state index is -2.37. The molecule has 1 aliphatic heterocycles. The van der Waals surface area contributed by atoms with Crippen molar-refractivity contribution in [1.82, 2.24) is 9.55 Å². The molecule has 0 bridgehead atoms. The lowest BCUT2D eigenvalue weighted by molar-refractivity contribution is -0.156. The van der Waals surface area contributed by atoms with Gasteiger partial charge in [0.05, 0.1) is 44.4 Å². The summed E-state index contributed by atoms with van der Waals surface area (Å²) in [7, 11) is 0.934. The molecule has 54 heavy (non-hydrogen) atoms. The van der Waals surface area contributed by atoms with Crippen LogP contribution in [0.25, 0.3) is 0 Å². The van der Waals surface area contributed by atoms with Gasteiger partial charge in [0.25, 0.3) is 0 Å². The summed E-state index contributed by atoms with van der Waals surface area (Å²) >= 11 is 0. The summed E-state index contributed by atoms with van der Waals surface area (Å²) in [5.74, 6) is 1.19. The number of carbonyl (C=O) groups excluding carboxylic acids is 1. The van der Waals surface area contributed by atoms with E-state index in [4.69, 9.17) is 28.1 Å². The maximum absolute atomic E-state index is 12.3. The molecule has 0 aliphatic carbocycles. The summed E-state index contributed by atoms with van der Waals surface area (Å²) in [4.78, 5) is 16.8. The third-order valence-electron chi connectivity index (χ3n) is 10.6. The average molecular weight is 759 g/mol. The first kappa shape index (κ1) is 41.2. The molecule has 10 nitrogen and oxygen atoms in total. The first-order chi connectivity index (χ1) is 25.5. The highest BCUT2D eigenvalue weighted by molar-refractivity contribution is 6.74. The maximum atomic E-state index is 12.3. The number of imidazole rings is 1. The van der Waals surface area contributed by atoms with Crippen LogP contribution in [0.5, 0.6) is 11.5 Å². The van der Waals surface area contributed by atoms with E-state index in [1.54, 1.807) is 25.1 Å². The first-order valence-corrected chi connectivity index (χ1v) is 21.6. The Bertz CT molecular complexity index is 1750. The Hall–Kier alpha value is -4.00. The number of esters is 1. The lowest BCUT2D eigenvalue weighted by atomic mass is 9.80. The fourth-order valence-electron chi connectivity index (χ4n) is 6.38. The Morgan fingerprint density at radius 2 is 1.39 bits per heavy atom. The number of carbonyl (C=O) groups is 1. The van der Waals surface area contributed by atoms with Crippen molar-refractivity contribution in [2.45, 2.75) is 109 Å². The number of nitrogens with zero attached hydrogens (tertiary/aromatic N) is 2. The second-order valence-corrected chi connectivity index (χ2v) is 21.3. The van der Waals surface area contributed by atoms with Gasteiger partial charge in [0.2, 0.25) is 0 Å². The summed E-state index contributed by atoms with van der Waals surface area (Å²) in [6, 6.07) is 26.0. The van der Waals surface area contributed by atoms with Crippen LogP contribution in [0, 0.1) is 5.41 Å². The van der Waals surface area contributed by atoms with Crippen molar-refractivity contribution in [1.29, 1.82) is 0 Å². The zero-order valence-electron chi connectivity index (χ0n) is 33.5. The van der Waals surface area contributed by atoms with Crippen molar-refractivity contribution in [3.05, 3.63) is 114 Å². The van der Waals surface area contributed by atoms with E-state index in [-0.39, 0.29) is 24.3 Å². The van der Waals surface area contributed by atoms with E-state index in [1.165, 1.54) is 0 Å². The fourth-order valence-corrected chi connectivity index (χ4v) is 7.70. The Balaban J connectivity index is 1.45. The first-order valence-electron chi connectivity index (χ1n) is 18.7. The Morgan fingerprint density at radius 3 is 1.91 bits per heavy atom. The zero-order chi connectivity index (χ0) is 39.3. The number of hydrogen-bond acceptors (Lipinski definition) is 9. The molecule has 3 aromatic carbocycles. The monoisotopic (exact) mass is 758 g/mol. The summed E-state index contributed by atoms with van der Waals surface area (Å²) in [6.07, 6.45) is 1.96. The molecule has 1 aromatic heterocycles. The van der Waals surface area contributed by atoms with Gasteiger partial charge >= 0.3 is 5.97 Å². The van der Waals surface area contributed by atoms with E-state index in [0.717, 1.165) is 33.9 Å². The number of ether oxygens (including phenoxy) is 5. The van der Waals surface area contributed by atoms with Gasteiger partial charge in [-0.15, -0.1) is 0 Å². The molecule has 2 heterocycles. The molecule has 292 valence electrons. The Morgan fingerprint density at radius 1 is 0.833 bits per heavy atom. The topological polar surface area (TPSA) is 111 Å². The van der Waals surface area contributed by atoms with E-state index >= 15 is 0 Å². The minimum absolute atomic E-state index is 0.0824.